The first-order valence-corrected chi connectivity index (χ1v) is 4.15. The van der Waals surface area contributed by atoms with Crippen molar-refractivity contribution >= 4 is 12.0 Å². The van der Waals surface area contributed by atoms with E-state index in [1.54, 1.807) is 0 Å². The zero-order valence-corrected chi connectivity index (χ0v) is 7.00. The second-order valence-corrected chi connectivity index (χ2v) is 3.24. The highest BCUT2D eigenvalue weighted by Gasteiger charge is 2.18. The average molecular weight is 161 g/mol. The molecule has 0 saturated carbocycles. The molecule has 1 aliphatic rings. The Kier molecular flexibility index (Phi) is 1.61. The highest BCUT2D eigenvalue weighted by atomic mass is 16.1. The van der Waals surface area contributed by atoms with Crippen molar-refractivity contribution < 1.29 is 4.79 Å². The summed E-state index contributed by atoms with van der Waals surface area (Å²) in [7, 11) is 0. The Morgan fingerprint density at radius 2 is 2.42 bits per heavy atom. The number of benzene rings is 1. The van der Waals surface area contributed by atoms with Crippen molar-refractivity contribution in [2.75, 3.05) is 5.32 Å². The van der Waals surface area contributed by atoms with Gasteiger partial charge in [-0.05, 0) is 25.0 Å². The van der Waals surface area contributed by atoms with E-state index in [-0.39, 0.29) is 0 Å². The third-order valence-corrected chi connectivity index (χ3v) is 2.25. The van der Waals surface area contributed by atoms with Crippen molar-refractivity contribution in [1.29, 1.82) is 0 Å². The Hall–Kier alpha value is -1.31. The minimum Gasteiger partial charge on any atom is -0.382 e. The minimum absolute atomic E-state index is 0.459. The van der Waals surface area contributed by atoms with Gasteiger partial charge in [-0.15, -0.1) is 0 Å². The van der Waals surface area contributed by atoms with E-state index in [4.69, 9.17) is 0 Å². The highest BCUT2D eigenvalue weighted by Crippen LogP contribution is 2.27. The number of carbonyl (C=O) groups excluding carboxylic acids is 1. The highest BCUT2D eigenvalue weighted by molar-refractivity contribution is 5.82. The summed E-state index contributed by atoms with van der Waals surface area (Å²) in [5.41, 5.74) is 3.11. The summed E-state index contributed by atoms with van der Waals surface area (Å²) >= 11 is 0. The molecule has 0 aliphatic carbocycles. The normalized spacial score (nSPS) is 19.9. The summed E-state index contributed by atoms with van der Waals surface area (Å²) in [6, 6.07) is 6.26. The Balaban J connectivity index is 2.51. The Labute approximate surface area is 71.6 Å². The molecule has 1 N–H and O–H groups in total. The van der Waals surface area contributed by atoms with Crippen LogP contribution in [0.2, 0.25) is 0 Å². The zero-order chi connectivity index (χ0) is 8.55. The lowest BCUT2D eigenvalue weighted by Gasteiger charge is -2.01. The van der Waals surface area contributed by atoms with Gasteiger partial charge in [-0.1, -0.05) is 12.1 Å². The first-order valence-electron chi connectivity index (χ1n) is 4.15. The number of hydrogen-bond donors (Lipinski definition) is 1. The number of anilines is 1. The molecular weight excluding hydrogens is 150 g/mol. The Morgan fingerprint density at radius 1 is 1.58 bits per heavy atom. The number of fused-ring (bicyclic) bond motifs is 1. The van der Waals surface area contributed by atoms with E-state index in [1.165, 1.54) is 5.56 Å². The molecule has 1 heterocycles. The predicted molar refractivity (Wildman–Crippen MR) is 48.6 cm³/mol. The van der Waals surface area contributed by atoms with Crippen LogP contribution in [-0.4, -0.2) is 12.3 Å². The van der Waals surface area contributed by atoms with E-state index in [0.717, 1.165) is 24.0 Å². The molecule has 0 aromatic heterocycles. The standard InChI is InChI=1S/C10H11NO/c1-7-5-9-8(6-12)3-2-4-10(9)11-7/h2-4,6-7,11H,5H2,1H3. The van der Waals surface area contributed by atoms with Gasteiger partial charge in [0.25, 0.3) is 0 Å². The van der Waals surface area contributed by atoms with Crippen LogP contribution in [0, 0.1) is 0 Å². The Bertz CT molecular complexity index is 320. The molecule has 1 aromatic rings. The number of aldehydes is 1. The number of carbonyl (C=O) groups is 1. The van der Waals surface area contributed by atoms with Crippen molar-refractivity contribution in [1.82, 2.24) is 0 Å². The van der Waals surface area contributed by atoms with Gasteiger partial charge in [0.15, 0.2) is 0 Å². The molecule has 0 radical (unpaired) electrons. The first-order chi connectivity index (χ1) is 5.81. The largest absolute Gasteiger partial charge is 0.382 e. The van der Waals surface area contributed by atoms with Gasteiger partial charge in [0, 0.05) is 17.3 Å². The smallest absolute Gasteiger partial charge is 0.150 e. The van der Waals surface area contributed by atoms with E-state index in [9.17, 15) is 4.79 Å². The lowest BCUT2D eigenvalue weighted by molar-refractivity contribution is 0.112. The molecule has 0 amide bonds. The van der Waals surface area contributed by atoms with Gasteiger partial charge in [0.2, 0.25) is 0 Å². The van der Waals surface area contributed by atoms with Crippen molar-refractivity contribution in [3.8, 4) is 0 Å². The van der Waals surface area contributed by atoms with E-state index in [0.29, 0.717) is 6.04 Å². The fraction of sp³-hybridized carbons (Fsp3) is 0.300. The van der Waals surface area contributed by atoms with E-state index >= 15 is 0 Å². The molecule has 12 heavy (non-hydrogen) atoms. The third-order valence-electron chi connectivity index (χ3n) is 2.25. The van der Waals surface area contributed by atoms with Crippen LogP contribution in [0.4, 0.5) is 5.69 Å². The third kappa shape index (κ3) is 0.998. The quantitative estimate of drug-likeness (QED) is 0.637. The number of rotatable bonds is 1. The van der Waals surface area contributed by atoms with E-state index in [1.807, 2.05) is 18.2 Å². The van der Waals surface area contributed by atoms with Gasteiger partial charge < -0.3 is 5.32 Å². The molecule has 0 fully saturated rings. The second-order valence-electron chi connectivity index (χ2n) is 3.24. The topological polar surface area (TPSA) is 29.1 Å². The van der Waals surface area contributed by atoms with Crippen LogP contribution in [0.1, 0.15) is 22.8 Å². The maximum absolute atomic E-state index is 10.6. The molecule has 2 heteroatoms. The van der Waals surface area contributed by atoms with E-state index < -0.39 is 0 Å². The molecule has 2 rings (SSSR count). The molecule has 1 unspecified atom stereocenters. The monoisotopic (exact) mass is 161 g/mol. The fourth-order valence-electron chi connectivity index (χ4n) is 1.70. The molecule has 1 aromatic carbocycles. The zero-order valence-electron chi connectivity index (χ0n) is 7.00. The van der Waals surface area contributed by atoms with Crippen LogP contribution >= 0.6 is 0 Å². The van der Waals surface area contributed by atoms with Gasteiger partial charge in [0.05, 0.1) is 0 Å². The van der Waals surface area contributed by atoms with Crippen molar-refractivity contribution in [2.45, 2.75) is 19.4 Å². The lowest BCUT2D eigenvalue weighted by Crippen LogP contribution is -2.08. The molecule has 0 spiro atoms. The van der Waals surface area contributed by atoms with Gasteiger partial charge >= 0.3 is 0 Å². The van der Waals surface area contributed by atoms with Crippen molar-refractivity contribution in [3.05, 3.63) is 29.3 Å². The number of hydrogen-bond acceptors (Lipinski definition) is 2. The van der Waals surface area contributed by atoms with Crippen LogP contribution in [0.25, 0.3) is 0 Å². The molecule has 2 nitrogen and oxygen atoms in total. The summed E-state index contributed by atoms with van der Waals surface area (Å²) in [4.78, 5) is 10.6. The van der Waals surface area contributed by atoms with Crippen LogP contribution in [-0.2, 0) is 6.42 Å². The molecule has 0 saturated heterocycles. The molecule has 1 aliphatic heterocycles. The lowest BCUT2D eigenvalue weighted by atomic mass is 10.0. The van der Waals surface area contributed by atoms with Crippen LogP contribution in [0.5, 0.6) is 0 Å². The summed E-state index contributed by atoms with van der Waals surface area (Å²) < 4.78 is 0. The maximum atomic E-state index is 10.6. The van der Waals surface area contributed by atoms with Crippen LogP contribution < -0.4 is 5.32 Å². The van der Waals surface area contributed by atoms with E-state index in [2.05, 4.69) is 12.2 Å². The molecule has 62 valence electrons. The first kappa shape index (κ1) is 7.35. The van der Waals surface area contributed by atoms with Crippen molar-refractivity contribution in [2.24, 2.45) is 0 Å². The van der Waals surface area contributed by atoms with Crippen LogP contribution in [0.3, 0.4) is 0 Å². The van der Waals surface area contributed by atoms with Gasteiger partial charge in [0.1, 0.15) is 6.29 Å². The Morgan fingerprint density at radius 3 is 3.17 bits per heavy atom. The predicted octanol–water partition coefficient (Wildman–Crippen LogP) is 1.86. The fourth-order valence-corrected chi connectivity index (χ4v) is 1.70. The summed E-state index contributed by atoms with van der Waals surface area (Å²) in [5.74, 6) is 0. The van der Waals surface area contributed by atoms with Gasteiger partial charge in [-0.2, -0.15) is 0 Å². The SMILES string of the molecule is CC1Cc2c(C=O)cccc2N1. The maximum Gasteiger partial charge on any atom is 0.150 e. The second kappa shape index (κ2) is 2.63. The minimum atomic E-state index is 0.459. The van der Waals surface area contributed by atoms with Gasteiger partial charge in [-0.25, -0.2) is 0 Å². The average Bonchev–Trinajstić information content (AvgIpc) is 2.44. The summed E-state index contributed by atoms with van der Waals surface area (Å²) in [6.07, 6.45) is 1.89. The van der Waals surface area contributed by atoms with Gasteiger partial charge in [-0.3, -0.25) is 4.79 Å². The van der Waals surface area contributed by atoms with Crippen LogP contribution in [0.15, 0.2) is 18.2 Å². The van der Waals surface area contributed by atoms with Crippen molar-refractivity contribution in [3.63, 3.8) is 0 Å². The molecule has 1 atom stereocenters. The molecule has 0 bridgehead atoms. The number of nitrogens with one attached hydrogen (secondary N) is 1. The summed E-state index contributed by atoms with van der Waals surface area (Å²) in [5, 5.41) is 3.31. The summed E-state index contributed by atoms with van der Waals surface area (Å²) in [6.45, 7) is 2.12. The molecular formula is C10H11NO.